The van der Waals surface area contributed by atoms with E-state index in [1.54, 1.807) is 5.01 Å². The van der Waals surface area contributed by atoms with Crippen molar-refractivity contribution in [3.8, 4) is 0 Å². The van der Waals surface area contributed by atoms with Gasteiger partial charge in [0.15, 0.2) is 0 Å². The van der Waals surface area contributed by atoms with Crippen LogP contribution in [0.25, 0.3) is 0 Å². The molecule has 1 unspecified atom stereocenters. The van der Waals surface area contributed by atoms with Gasteiger partial charge in [-0.1, -0.05) is 6.92 Å². The van der Waals surface area contributed by atoms with Crippen LogP contribution in [-0.4, -0.2) is 17.6 Å². The van der Waals surface area contributed by atoms with Crippen LogP contribution in [-0.2, 0) is 0 Å². The average molecular weight is 130 g/mol. The molecule has 0 N–H and O–H groups in total. The number of nitroso groups, excluding NO2 is 1. The molecule has 0 radical (unpaired) electrons. The minimum absolute atomic E-state index is 0.285. The van der Waals surface area contributed by atoms with E-state index in [2.05, 4.69) is 5.29 Å². The normalized spacial score (nSPS) is 12.8. The molecule has 0 fully saturated rings. The Labute approximate surface area is 56.0 Å². The van der Waals surface area contributed by atoms with Crippen LogP contribution in [0.3, 0.4) is 0 Å². The van der Waals surface area contributed by atoms with E-state index in [4.69, 9.17) is 0 Å². The van der Waals surface area contributed by atoms with Gasteiger partial charge in [-0.15, -0.1) is 4.91 Å². The van der Waals surface area contributed by atoms with Crippen molar-refractivity contribution < 1.29 is 0 Å². The van der Waals surface area contributed by atoms with E-state index in [-0.39, 0.29) is 6.04 Å². The van der Waals surface area contributed by atoms with Gasteiger partial charge < -0.3 is 0 Å². The second-order valence-electron chi connectivity index (χ2n) is 2.09. The summed E-state index contributed by atoms with van der Waals surface area (Å²) in [6.07, 6.45) is 0.972. The number of hydrogen-bond donors (Lipinski definition) is 0. The van der Waals surface area contributed by atoms with Gasteiger partial charge in [-0.25, -0.2) is 0 Å². The van der Waals surface area contributed by atoms with Crippen LogP contribution in [0.15, 0.2) is 5.29 Å². The zero-order valence-electron chi connectivity index (χ0n) is 6.29. The van der Waals surface area contributed by atoms with Gasteiger partial charge in [0.05, 0.1) is 5.29 Å². The summed E-state index contributed by atoms with van der Waals surface area (Å²) in [5.41, 5.74) is 0. The predicted molar refractivity (Wildman–Crippen MR) is 37.9 cm³/mol. The molecule has 0 aliphatic rings. The second-order valence-corrected chi connectivity index (χ2v) is 2.09. The maximum atomic E-state index is 10.0. The Hall–Kier alpha value is -0.600. The summed E-state index contributed by atoms with van der Waals surface area (Å²) in [5.74, 6) is 0. The fraction of sp³-hybridized carbons (Fsp3) is 1.00. The molecule has 1 atom stereocenters. The van der Waals surface area contributed by atoms with E-state index in [1.807, 2.05) is 20.8 Å². The summed E-state index contributed by atoms with van der Waals surface area (Å²) >= 11 is 0. The highest BCUT2D eigenvalue weighted by Gasteiger charge is 2.06. The minimum atomic E-state index is 0.285. The van der Waals surface area contributed by atoms with Crippen molar-refractivity contribution >= 4 is 0 Å². The van der Waals surface area contributed by atoms with E-state index in [1.165, 1.54) is 0 Å². The van der Waals surface area contributed by atoms with Crippen LogP contribution in [0, 0.1) is 4.91 Å². The van der Waals surface area contributed by atoms with E-state index < -0.39 is 0 Å². The summed E-state index contributed by atoms with van der Waals surface area (Å²) in [6.45, 7) is 6.66. The van der Waals surface area contributed by atoms with Crippen LogP contribution < -0.4 is 0 Å². The van der Waals surface area contributed by atoms with Crippen molar-refractivity contribution in [2.24, 2.45) is 5.29 Å². The Morgan fingerprint density at radius 2 is 2.11 bits per heavy atom. The molecule has 3 heteroatoms. The summed E-state index contributed by atoms with van der Waals surface area (Å²) in [6, 6.07) is 0.285. The smallest absolute Gasteiger partial charge is 0.0526 e. The standard InChI is InChI=1S/C6H14N2O/c1-4-6(3)8(5-2)7-9/h6H,4-5H2,1-3H3. The summed E-state index contributed by atoms with van der Waals surface area (Å²) < 4.78 is 0. The van der Waals surface area contributed by atoms with Gasteiger partial charge in [0.2, 0.25) is 0 Å². The Balaban J connectivity index is 3.63. The zero-order chi connectivity index (χ0) is 7.28. The molecule has 0 saturated carbocycles. The Morgan fingerprint density at radius 1 is 1.56 bits per heavy atom. The first-order chi connectivity index (χ1) is 4.26. The van der Waals surface area contributed by atoms with Gasteiger partial charge in [0.1, 0.15) is 0 Å². The summed E-state index contributed by atoms with van der Waals surface area (Å²) in [4.78, 5) is 10.0. The third kappa shape index (κ3) is 2.44. The van der Waals surface area contributed by atoms with Gasteiger partial charge in [-0.2, -0.15) is 0 Å². The van der Waals surface area contributed by atoms with Crippen LogP contribution >= 0.6 is 0 Å². The Morgan fingerprint density at radius 3 is 2.22 bits per heavy atom. The number of hydrogen-bond acceptors (Lipinski definition) is 2. The van der Waals surface area contributed by atoms with E-state index in [0.29, 0.717) is 6.54 Å². The molecular weight excluding hydrogens is 116 g/mol. The van der Waals surface area contributed by atoms with Gasteiger partial charge in [-0.05, 0) is 20.3 Å². The lowest BCUT2D eigenvalue weighted by molar-refractivity contribution is 0.221. The summed E-state index contributed by atoms with van der Waals surface area (Å²) in [5, 5.41) is 4.40. The highest BCUT2D eigenvalue weighted by molar-refractivity contribution is 4.57. The topological polar surface area (TPSA) is 32.7 Å². The van der Waals surface area contributed by atoms with E-state index in [9.17, 15) is 4.91 Å². The average Bonchev–Trinajstić information content (AvgIpc) is 1.90. The highest BCUT2D eigenvalue weighted by Crippen LogP contribution is 2.01. The Bertz CT molecular complexity index is 85.1. The van der Waals surface area contributed by atoms with E-state index >= 15 is 0 Å². The van der Waals surface area contributed by atoms with Crippen molar-refractivity contribution in [1.29, 1.82) is 0 Å². The van der Waals surface area contributed by atoms with Crippen LogP contribution in [0.1, 0.15) is 27.2 Å². The molecule has 0 bridgehead atoms. The molecule has 0 amide bonds. The number of nitrogens with zero attached hydrogens (tertiary/aromatic N) is 2. The predicted octanol–water partition coefficient (Wildman–Crippen LogP) is 1.79. The third-order valence-corrected chi connectivity index (χ3v) is 1.53. The molecule has 0 heterocycles. The highest BCUT2D eigenvalue weighted by atomic mass is 16.3. The van der Waals surface area contributed by atoms with E-state index in [0.717, 1.165) is 6.42 Å². The third-order valence-electron chi connectivity index (χ3n) is 1.53. The maximum absolute atomic E-state index is 10.0. The largest absolute Gasteiger partial charge is 0.258 e. The van der Waals surface area contributed by atoms with Crippen molar-refractivity contribution in [3.05, 3.63) is 4.91 Å². The zero-order valence-corrected chi connectivity index (χ0v) is 6.29. The quantitative estimate of drug-likeness (QED) is 0.429. The first-order valence-electron chi connectivity index (χ1n) is 3.36. The van der Waals surface area contributed by atoms with Gasteiger partial charge in [0, 0.05) is 12.6 Å². The van der Waals surface area contributed by atoms with Crippen molar-refractivity contribution in [2.45, 2.75) is 33.2 Å². The monoisotopic (exact) mass is 130 g/mol. The fourth-order valence-electron chi connectivity index (χ4n) is 0.661. The number of rotatable bonds is 4. The van der Waals surface area contributed by atoms with Gasteiger partial charge in [0.25, 0.3) is 0 Å². The van der Waals surface area contributed by atoms with Crippen LogP contribution in [0.4, 0.5) is 0 Å². The molecule has 0 aliphatic carbocycles. The van der Waals surface area contributed by atoms with Gasteiger partial charge in [-0.3, -0.25) is 5.01 Å². The summed E-state index contributed by atoms with van der Waals surface area (Å²) in [7, 11) is 0. The van der Waals surface area contributed by atoms with Gasteiger partial charge >= 0.3 is 0 Å². The van der Waals surface area contributed by atoms with Crippen molar-refractivity contribution in [2.75, 3.05) is 6.54 Å². The minimum Gasteiger partial charge on any atom is -0.258 e. The molecule has 9 heavy (non-hydrogen) atoms. The molecule has 0 aromatic heterocycles. The maximum Gasteiger partial charge on any atom is 0.0526 e. The SMILES string of the molecule is CCC(C)N(CC)N=O. The van der Waals surface area contributed by atoms with Crippen LogP contribution in [0.5, 0.6) is 0 Å². The lowest BCUT2D eigenvalue weighted by Crippen LogP contribution is -2.26. The lowest BCUT2D eigenvalue weighted by Gasteiger charge is -2.18. The Kier molecular flexibility index (Phi) is 4.01. The van der Waals surface area contributed by atoms with Crippen LogP contribution in [0.2, 0.25) is 0 Å². The van der Waals surface area contributed by atoms with Crippen molar-refractivity contribution in [3.63, 3.8) is 0 Å². The molecule has 3 nitrogen and oxygen atoms in total. The fourth-order valence-corrected chi connectivity index (χ4v) is 0.661. The molecule has 0 aliphatic heterocycles. The first kappa shape index (κ1) is 8.40. The molecule has 54 valence electrons. The lowest BCUT2D eigenvalue weighted by atomic mass is 10.2. The molecule has 0 aromatic rings. The van der Waals surface area contributed by atoms with Crippen molar-refractivity contribution in [1.82, 2.24) is 5.01 Å². The second kappa shape index (κ2) is 4.30. The molecule has 0 saturated heterocycles. The first-order valence-corrected chi connectivity index (χ1v) is 3.36. The molecular formula is C6H14N2O. The molecule has 0 spiro atoms. The molecule has 0 aromatic carbocycles. The molecule has 0 rings (SSSR count).